The average Bonchev–Trinajstić information content (AvgIpc) is 2.83. The maximum absolute atomic E-state index is 13.4. The molecule has 106 valence electrons. The first-order valence-corrected chi connectivity index (χ1v) is 6.66. The van der Waals surface area contributed by atoms with Gasteiger partial charge >= 0.3 is 0 Å². The fourth-order valence-electron chi connectivity index (χ4n) is 2.16. The van der Waals surface area contributed by atoms with Crippen LogP contribution in [-0.2, 0) is 0 Å². The molecule has 0 spiro atoms. The molecule has 2 aromatic rings. The summed E-state index contributed by atoms with van der Waals surface area (Å²) < 4.78 is 15.0. The number of carbonyl (C=O) groups excluding carboxylic acids is 1. The van der Waals surface area contributed by atoms with Crippen LogP contribution >= 0.6 is 0 Å². The molecule has 0 atom stereocenters. The Bertz CT molecular complexity index is 619. The van der Waals surface area contributed by atoms with Crippen molar-refractivity contribution in [2.75, 3.05) is 6.54 Å². The summed E-state index contributed by atoms with van der Waals surface area (Å²) in [4.78, 5) is 12.0. The SMILES string of the molecule is CCNC(=O)c1cnn(-c2cccc(F)c2)c1C(C)C. The van der Waals surface area contributed by atoms with E-state index < -0.39 is 0 Å². The third-order valence-corrected chi connectivity index (χ3v) is 2.99. The Balaban J connectivity index is 2.52. The zero-order valence-electron chi connectivity index (χ0n) is 11.9. The molecule has 4 nitrogen and oxygen atoms in total. The highest BCUT2D eigenvalue weighted by molar-refractivity contribution is 5.95. The fraction of sp³-hybridized carbons (Fsp3) is 0.333. The minimum absolute atomic E-state index is 0.0957. The number of rotatable bonds is 4. The highest BCUT2D eigenvalue weighted by Crippen LogP contribution is 2.23. The molecule has 1 amide bonds. The normalized spacial score (nSPS) is 10.8. The summed E-state index contributed by atoms with van der Waals surface area (Å²) in [5.41, 5.74) is 1.93. The number of halogens is 1. The quantitative estimate of drug-likeness (QED) is 0.932. The van der Waals surface area contributed by atoms with Crippen LogP contribution in [-0.4, -0.2) is 22.2 Å². The first-order valence-electron chi connectivity index (χ1n) is 6.66. The van der Waals surface area contributed by atoms with Crippen molar-refractivity contribution in [1.29, 1.82) is 0 Å². The molecule has 0 aliphatic rings. The van der Waals surface area contributed by atoms with Crippen molar-refractivity contribution in [3.63, 3.8) is 0 Å². The van der Waals surface area contributed by atoms with E-state index in [4.69, 9.17) is 0 Å². The van der Waals surface area contributed by atoms with Gasteiger partial charge in [0.05, 0.1) is 23.1 Å². The van der Waals surface area contributed by atoms with Crippen molar-refractivity contribution in [2.24, 2.45) is 0 Å². The number of hydrogen-bond acceptors (Lipinski definition) is 2. The van der Waals surface area contributed by atoms with E-state index in [9.17, 15) is 9.18 Å². The summed E-state index contributed by atoms with van der Waals surface area (Å²) in [5, 5.41) is 7.01. The Kier molecular flexibility index (Phi) is 4.17. The van der Waals surface area contributed by atoms with E-state index in [1.54, 1.807) is 16.8 Å². The van der Waals surface area contributed by atoms with Gasteiger partial charge in [0.15, 0.2) is 0 Å². The maximum Gasteiger partial charge on any atom is 0.254 e. The minimum atomic E-state index is -0.327. The van der Waals surface area contributed by atoms with Crippen LogP contribution in [0, 0.1) is 5.82 Å². The smallest absolute Gasteiger partial charge is 0.254 e. The molecular formula is C15H18FN3O. The van der Waals surface area contributed by atoms with E-state index in [1.807, 2.05) is 20.8 Å². The van der Waals surface area contributed by atoms with Crippen molar-refractivity contribution in [3.05, 3.63) is 47.5 Å². The second kappa shape index (κ2) is 5.86. The number of carbonyl (C=O) groups is 1. The predicted octanol–water partition coefficient (Wildman–Crippen LogP) is 2.88. The molecule has 0 unspecified atom stereocenters. The maximum atomic E-state index is 13.4. The van der Waals surface area contributed by atoms with E-state index >= 15 is 0 Å². The average molecular weight is 275 g/mol. The first kappa shape index (κ1) is 14.2. The third-order valence-electron chi connectivity index (χ3n) is 2.99. The van der Waals surface area contributed by atoms with Gasteiger partial charge in [-0.25, -0.2) is 9.07 Å². The van der Waals surface area contributed by atoms with Crippen molar-refractivity contribution in [2.45, 2.75) is 26.7 Å². The fourth-order valence-corrected chi connectivity index (χ4v) is 2.16. The first-order chi connectivity index (χ1) is 9.54. The molecule has 20 heavy (non-hydrogen) atoms. The lowest BCUT2D eigenvalue weighted by Crippen LogP contribution is -2.24. The molecule has 1 N–H and O–H groups in total. The van der Waals surface area contributed by atoms with Crippen LogP contribution in [0.3, 0.4) is 0 Å². The summed E-state index contributed by atoms with van der Waals surface area (Å²) in [6.45, 7) is 6.39. The minimum Gasteiger partial charge on any atom is -0.352 e. The Morgan fingerprint density at radius 3 is 2.80 bits per heavy atom. The summed E-state index contributed by atoms with van der Waals surface area (Å²) in [7, 11) is 0. The molecule has 0 fully saturated rings. The van der Waals surface area contributed by atoms with Gasteiger partial charge in [-0.2, -0.15) is 5.10 Å². The van der Waals surface area contributed by atoms with Crippen LogP contribution in [0.1, 0.15) is 42.7 Å². The van der Waals surface area contributed by atoms with Crippen LogP contribution in [0.2, 0.25) is 0 Å². The largest absolute Gasteiger partial charge is 0.352 e. The molecule has 0 radical (unpaired) electrons. The molecule has 0 aliphatic heterocycles. The summed E-state index contributed by atoms with van der Waals surface area (Å²) in [6, 6.07) is 6.18. The van der Waals surface area contributed by atoms with Gasteiger partial charge in [0.2, 0.25) is 0 Å². The van der Waals surface area contributed by atoms with Crippen LogP contribution in [0.5, 0.6) is 0 Å². The highest BCUT2D eigenvalue weighted by Gasteiger charge is 2.20. The van der Waals surface area contributed by atoms with Gasteiger partial charge in [0.1, 0.15) is 5.82 Å². The van der Waals surface area contributed by atoms with E-state index in [-0.39, 0.29) is 17.6 Å². The number of amides is 1. The van der Waals surface area contributed by atoms with E-state index in [0.717, 1.165) is 5.69 Å². The Labute approximate surface area is 117 Å². The Morgan fingerprint density at radius 1 is 1.45 bits per heavy atom. The molecule has 0 saturated carbocycles. The number of aromatic nitrogens is 2. The second-order valence-electron chi connectivity index (χ2n) is 4.85. The molecule has 5 heteroatoms. The lowest BCUT2D eigenvalue weighted by atomic mass is 10.1. The van der Waals surface area contributed by atoms with E-state index in [1.165, 1.54) is 18.3 Å². The van der Waals surface area contributed by atoms with Gasteiger partial charge in [0.25, 0.3) is 5.91 Å². The van der Waals surface area contributed by atoms with Crippen molar-refractivity contribution in [1.82, 2.24) is 15.1 Å². The summed E-state index contributed by atoms with van der Waals surface area (Å²) in [6.07, 6.45) is 1.53. The van der Waals surface area contributed by atoms with Gasteiger partial charge in [0, 0.05) is 6.54 Å². The molecule has 1 heterocycles. The Hall–Kier alpha value is -2.17. The number of benzene rings is 1. The van der Waals surface area contributed by atoms with Gasteiger partial charge < -0.3 is 5.32 Å². The lowest BCUT2D eigenvalue weighted by molar-refractivity contribution is 0.0954. The standard InChI is InChI=1S/C15H18FN3O/c1-4-17-15(20)13-9-18-19(14(13)10(2)3)12-7-5-6-11(16)8-12/h5-10H,4H2,1-3H3,(H,17,20). The summed E-state index contributed by atoms with van der Waals surface area (Å²) >= 11 is 0. The monoisotopic (exact) mass is 275 g/mol. The van der Waals surface area contributed by atoms with Crippen molar-refractivity contribution < 1.29 is 9.18 Å². The van der Waals surface area contributed by atoms with Gasteiger partial charge in [-0.3, -0.25) is 4.79 Å². The van der Waals surface area contributed by atoms with Crippen LogP contribution in [0.25, 0.3) is 5.69 Å². The third kappa shape index (κ3) is 2.71. The Morgan fingerprint density at radius 2 is 2.20 bits per heavy atom. The molecule has 2 rings (SSSR count). The number of nitrogens with zero attached hydrogens (tertiary/aromatic N) is 2. The zero-order valence-corrected chi connectivity index (χ0v) is 11.9. The van der Waals surface area contributed by atoms with Gasteiger partial charge in [-0.05, 0) is 31.0 Å². The van der Waals surface area contributed by atoms with Gasteiger partial charge in [-0.15, -0.1) is 0 Å². The molecule has 0 aliphatic carbocycles. The van der Waals surface area contributed by atoms with Crippen LogP contribution < -0.4 is 5.32 Å². The number of hydrogen-bond donors (Lipinski definition) is 1. The molecule has 0 bridgehead atoms. The summed E-state index contributed by atoms with van der Waals surface area (Å²) in [5.74, 6) is -0.385. The van der Waals surface area contributed by atoms with Gasteiger partial charge in [-0.1, -0.05) is 19.9 Å². The van der Waals surface area contributed by atoms with Crippen molar-refractivity contribution >= 4 is 5.91 Å². The predicted molar refractivity (Wildman–Crippen MR) is 75.6 cm³/mol. The molecule has 0 saturated heterocycles. The van der Waals surface area contributed by atoms with E-state index in [2.05, 4.69) is 10.4 Å². The van der Waals surface area contributed by atoms with Crippen molar-refractivity contribution in [3.8, 4) is 5.69 Å². The lowest BCUT2D eigenvalue weighted by Gasteiger charge is -2.12. The topological polar surface area (TPSA) is 46.9 Å². The van der Waals surface area contributed by atoms with Crippen LogP contribution in [0.4, 0.5) is 4.39 Å². The molecule has 1 aromatic heterocycles. The second-order valence-corrected chi connectivity index (χ2v) is 4.85. The number of nitrogens with one attached hydrogen (secondary N) is 1. The van der Waals surface area contributed by atoms with Crippen LogP contribution in [0.15, 0.2) is 30.5 Å². The highest BCUT2D eigenvalue weighted by atomic mass is 19.1. The molecule has 1 aromatic carbocycles. The zero-order chi connectivity index (χ0) is 14.7. The van der Waals surface area contributed by atoms with E-state index in [0.29, 0.717) is 17.8 Å². The molecular weight excluding hydrogens is 257 g/mol.